The van der Waals surface area contributed by atoms with Crippen molar-refractivity contribution in [2.45, 2.75) is 0 Å². The van der Waals surface area contributed by atoms with E-state index in [2.05, 4.69) is 20.5 Å². The number of halogens is 1. The van der Waals surface area contributed by atoms with Crippen molar-refractivity contribution in [3.8, 4) is 10.6 Å². The fourth-order valence-electron chi connectivity index (χ4n) is 1.66. The van der Waals surface area contributed by atoms with Crippen molar-refractivity contribution in [1.29, 1.82) is 0 Å². The average Bonchev–Trinajstić information content (AvgIpc) is 2.97. The van der Waals surface area contributed by atoms with Gasteiger partial charge < -0.3 is 0 Å². The standard InChI is InChI=1S/C14H9FN4OS/c15-11-3-1-9(2-4-11)12(20)17-14-19-18-13(21-14)10-5-7-16-8-6-10/h1-8H,(H,17,19,20). The minimum absolute atomic E-state index is 0.354. The summed E-state index contributed by atoms with van der Waals surface area (Å²) in [6.07, 6.45) is 3.32. The van der Waals surface area contributed by atoms with Gasteiger partial charge in [-0.15, -0.1) is 10.2 Å². The first kappa shape index (κ1) is 13.3. The molecule has 0 fully saturated rings. The van der Waals surface area contributed by atoms with Gasteiger partial charge in [-0.25, -0.2) is 4.39 Å². The van der Waals surface area contributed by atoms with Gasteiger partial charge in [0.05, 0.1) is 0 Å². The van der Waals surface area contributed by atoms with E-state index in [0.29, 0.717) is 15.7 Å². The zero-order valence-corrected chi connectivity index (χ0v) is 11.5. The number of hydrogen-bond donors (Lipinski definition) is 1. The summed E-state index contributed by atoms with van der Waals surface area (Å²) < 4.78 is 12.8. The van der Waals surface area contributed by atoms with Crippen LogP contribution in [0.25, 0.3) is 10.6 Å². The Balaban J connectivity index is 1.75. The molecule has 0 aliphatic rings. The molecule has 0 saturated carbocycles. The topological polar surface area (TPSA) is 67.8 Å². The summed E-state index contributed by atoms with van der Waals surface area (Å²) in [5.41, 5.74) is 1.24. The van der Waals surface area contributed by atoms with Crippen molar-refractivity contribution in [3.05, 3.63) is 60.2 Å². The molecule has 1 aromatic carbocycles. The van der Waals surface area contributed by atoms with Gasteiger partial charge in [-0.3, -0.25) is 15.1 Å². The Labute approximate surface area is 123 Å². The Morgan fingerprint density at radius 2 is 1.76 bits per heavy atom. The Bertz CT molecular complexity index is 758. The van der Waals surface area contributed by atoms with Gasteiger partial charge in [-0.2, -0.15) is 0 Å². The van der Waals surface area contributed by atoms with Crippen LogP contribution in [-0.4, -0.2) is 21.1 Å². The summed E-state index contributed by atoms with van der Waals surface area (Å²) in [6.45, 7) is 0. The third-order valence-corrected chi connectivity index (χ3v) is 3.57. The lowest BCUT2D eigenvalue weighted by atomic mass is 10.2. The van der Waals surface area contributed by atoms with Crippen LogP contribution in [0.2, 0.25) is 0 Å². The lowest BCUT2D eigenvalue weighted by molar-refractivity contribution is 0.102. The number of carbonyl (C=O) groups excluding carboxylic acids is 1. The molecule has 0 aliphatic carbocycles. The van der Waals surface area contributed by atoms with Crippen LogP contribution in [0.5, 0.6) is 0 Å². The number of aromatic nitrogens is 3. The molecule has 0 bridgehead atoms. The molecule has 3 aromatic rings. The second-order valence-corrected chi connectivity index (χ2v) is 5.09. The average molecular weight is 300 g/mol. The van der Waals surface area contributed by atoms with Crippen molar-refractivity contribution in [1.82, 2.24) is 15.2 Å². The summed E-state index contributed by atoms with van der Waals surface area (Å²) in [7, 11) is 0. The Morgan fingerprint density at radius 3 is 2.48 bits per heavy atom. The van der Waals surface area contributed by atoms with Crippen LogP contribution in [0.1, 0.15) is 10.4 Å². The van der Waals surface area contributed by atoms with Gasteiger partial charge >= 0.3 is 0 Å². The molecule has 0 atom stereocenters. The van der Waals surface area contributed by atoms with Crippen LogP contribution in [0.4, 0.5) is 9.52 Å². The summed E-state index contributed by atoms with van der Waals surface area (Å²) in [6, 6.07) is 8.91. The van der Waals surface area contributed by atoms with Crippen LogP contribution >= 0.6 is 11.3 Å². The second kappa shape index (κ2) is 5.76. The van der Waals surface area contributed by atoms with E-state index >= 15 is 0 Å². The predicted molar refractivity (Wildman–Crippen MR) is 77.5 cm³/mol. The third kappa shape index (κ3) is 3.09. The first-order valence-corrected chi connectivity index (χ1v) is 6.85. The molecule has 2 aromatic heterocycles. The fraction of sp³-hybridized carbons (Fsp3) is 0. The predicted octanol–water partition coefficient (Wildman–Crippen LogP) is 2.99. The smallest absolute Gasteiger partial charge is 0.257 e. The van der Waals surface area contributed by atoms with Crippen molar-refractivity contribution in [2.75, 3.05) is 5.32 Å². The molecule has 1 N–H and O–H groups in total. The van der Waals surface area contributed by atoms with Gasteiger partial charge in [0, 0.05) is 23.5 Å². The van der Waals surface area contributed by atoms with Crippen LogP contribution in [0.15, 0.2) is 48.8 Å². The molecular formula is C14H9FN4OS. The number of amides is 1. The zero-order chi connectivity index (χ0) is 14.7. The van der Waals surface area contributed by atoms with E-state index in [1.807, 2.05) is 12.1 Å². The molecule has 0 spiro atoms. The Kier molecular flexibility index (Phi) is 3.65. The molecule has 0 radical (unpaired) electrons. The van der Waals surface area contributed by atoms with E-state index in [1.165, 1.54) is 35.6 Å². The van der Waals surface area contributed by atoms with E-state index in [4.69, 9.17) is 0 Å². The van der Waals surface area contributed by atoms with Crippen LogP contribution in [-0.2, 0) is 0 Å². The highest BCUT2D eigenvalue weighted by atomic mass is 32.1. The summed E-state index contributed by atoms with van der Waals surface area (Å²) >= 11 is 1.26. The summed E-state index contributed by atoms with van der Waals surface area (Å²) in [5.74, 6) is -0.741. The third-order valence-electron chi connectivity index (χ3n) is 2.68. The van der Waals surface area contributed by atoms with Crippen LogP contribution in [0.3, 0.4) is 0 Å². The van der Waals surface area contributed by atoms with E-state index in [9.17, 15) is 9.18 Å². The molecule has 2 heterocycles. The lowest BCUT2D eigenvalue weighted by Crippen LogP contribution is -2.11. The number of benzene rings is 1. The number of anilines is 1. The van der Waals surface area contributed by atoms with Gasteiger partial charge in [0.1, 0.15) is 10.8 Å². The second-order valence-electron chi connectivity index (χ2n) is 4.11. The minimum Gasteiger partial charge on any atom is -0.296 e. The number of carbonyl (C=O) groups is 1. The first-order chi connectivity index (χ1) is 10.2. The maximum Gasteiger partial charge on any atom is 0.257 e. The maximum atomic E-state index is 12.8. The SMILES string of the molecule is O=C(Nc1nnc(-c2ccncc2)s1)c1ccc(F)cc1. The van der Waals surface area contributed by atoms with E-state index < -0.39 is 0 Å². The normalized spacial score (nSPS) is 10.3. The molecular weight excluding hydrogens is 291 g/mol. The van der Waals surface area contributed by atoms with Gasteiger partial charge in [-0.1, -0.05) is 11.3 Å². The van der Waals surface area contributed by atoms with Crippen molar-refractivity contribution in [2.24, 2.45) is 0 Å². The molecule has 0 saturated heterocycles. The van der Waals surface area contributed by atoms with Gasteiger partial charge in [0.2, 0.25) is 5.13 Å². The zero-order valence-electron chi connectivity index (χ0n) is 10.7. The van der Waals surface area contributed by atoms with Gasteiger partial charge in [0.25, 0.3) is 5.91 Å². The summed E-state index contributed by atoms with van der Waals surface area (Å²) in [5, 5.41) is 11.6. The highest BCUT2D eigenvalue weighted by Gasteiger charge is 2.11. The molecule has 104 valence electrons. The number of hydrogen-bond acceptors (Lipinski definition) is 5. The van der Waals surface area contributed by atoms with E-state index in [1.54, 1.807) is 12.4 Å². The quantitative estimate of drug-likeness (QED) is 0.807. The monoisotopic (exact) mass is 300 g/mol. The first-order valence-electron chi connectivity index (χ1n) is 6.03. The van der Waals surface area contributed by atoms with E-state index in [0.717, 1.165) is 5.56 Å². The minimum atomic E-state index is -0.387. The molecule has 3 rings (SSSR count). The number of nitrogens with zero attached hydrogens (tertiary/aromatic N) is 3. The van der Waals surface area contributed by atoms with Gasteiger partial charge in [0.15, 0.2) is 0 Å². The van der Waals surface area contributed by atoms with Crippen LogP contribution < -0.4 is 5.32 Å². The maximum absolute atomic E-state index is 12.8. The number of pyridine rings is 1. The lowest BCUT2D eigenvalue weighted by Gasteiger charge is -2.00. The largest absolute Gasteiger partial charge is 0.296 e. The Morgan fingerprint density at radius 1 is 1.05 bits per heavy atom. The Hall–Kier alpha value is -2.67. The molecule has 1 amide bonds. The molecule has 5 nitrogen and oxygen atoms in total. The fourth-order valence-corrected chi connectivity index (χ4v) is 2.40. The highest BCUT2D eigenvalue weighted by Crippen LogP contribution is 2.25. The number of nitrogens with one attached hydrogen (secondary N) is 1. The van der Waals surface area contributed by atoms with Crippen molar-refractivity contribution < 1.29 is 9.18 Å². The van der Waals surface area contributed by atoms with Crippen molar-refractivity contribution >= 4 is 22.4 Å². The molecule has 21 heavy (non-hydrogen) atoms. The number of rotatable bonds is 3. The van der Waals surface area contributed by atoms with Crippen molar-refractivity contribution in [3.63, 3.8) is 0 Å². The van der Waals surface area contributed by atoms with Crippen LogP contribution in [0, 0.1) is 5.82 Å². The van der Waals surface area contributed by atoms with E-state index in [-0.39, 0.29) is 11.7 Å². The molecule has 0 unspecified atom stereocenters. The summed E-state index contributed by atoms with van der Waals surface area (Å²) in [4.78, 5) is 15.9. The van der Waals surface area contributed by atoms with Gasteiger partial charge in [-0.05, 0) is 36.4 Å². The molecule has 0 aliphatic heterocycles. The highest BCUT2D eigenvalue weighted by molar-refractivity contribution is 7.18. The molecule has 7 heteroatoms.